The topological polar surface area (TPSA) is 54.0 Å². The van der Waals surface area contributed by atoms with E-state index in [0.29, 0.717) is 18.2 Å². The summed E-state index contributed by atoms with van der Waals surface area (Å²) in [4.78, 5) is 16.2. The van der Waals surface area contributed by atoms with Gasteiger partial charge in [-0.3, -0.25) is 9.78 Å². The summed E-state index contributed by atoms with van der Waals surface area (Å²) in [6.07, 6.45) is 3.50. The molecule has 2 aromatic rings. The molecule has 0 bridgehead atoms. The quantitative estimate of drug-likeness (QED) is 0.755. The van der Waals surface area contributed by atoms with Gasteiger partial charge in [-0.1, -0.05) is 37.6 Å². The number of nitrogens with zero attached hydrogens (tertiary/aromatic N) is 1. The van der Waals surface area contributed by atoms with Gasteiger partial charge < -0.3 is 10.6 Å². The molecule has 0 spiro atoms. The lowest BCUT2D eigenvalue weighted by Crippen LogP contribution is -2.26. The molecule has 1 amide bonds. The summed E-state index contributed by atoms with van der Waals surface area (Å²) in [7, 11) is 0. The van der Waals surface area contributed by atoms with Gasteiger partial charge in [-0.2, -0.15) is 0 Å². The second-order valence-electron chi connectivity index (χ2n) is 6.17. The first kappa shape index (κ1) is 18.3. The Morgan fingerprint density at radius 2 is 1.92 bits per heavy atom. The van der Waals surface area contributed by atoms with E-state index in [1.54, 1.807) is 12.3 Å². The first-order valence-electron chi connectivity index (χ1n) is 8.27. The molecule has 128 valence electrons. The fraction of sp³-hybridized carbons (Fsp3) is 0.368. The lowest BCUT2D eigenvalue weighted by atomic mass is 10.1. The molecule has 0 aliphatic carbocycles. The van der Waals surface area contributed by atoms with Crippen molar-refractivity contribution in [1.29, 1.82) is 0 Å². The number of anilines is 1. The van der Waals surface area contributed by atoms with Gasteiger partial charge in [0.1, 0.15) is 5.69 Å². The summed E-state index contributed by atoms with van der Waals surface area (Å²) >= 11 is 5.88. The Morgan fingerprint density at radius 1 is 1.17 bits per heavy atom. The number of halogens is 1. The fourth-order valence-electron chi connectivity index (χ4n) is 2.23. The summed E-state index contributed by atoms with van der Waals surface area (Å²) in [5.41, 5.74) is 2.55. The van der Waals surface area contributed by atoms with E-state index >= 15 is 0 Å². The minimum absolute atomic E-state index is 0.128. The van der Waals surface area contributed by atoms with Crippen molar-refractivity contribution in [2.24, 2.45) is 5.92 Å². The van der Waals surface area contributed by atoms with Gasteiger partial charge in [-0.25, -0.2) is 0 Å². The standard InChI is InChI=1S/C19H24ClN3O/c1-14(2)7-10-23-19(24)18-13-17(9-12-22-18)21-11-8-15-3-5-16(20)6-4-15/h3-6,9,12-14H,7-8,10-11H2,1-2H3,(H,21,22)(H,23,24). The molecule has 0 atom stereocenters. The molecule has 0 aliphatic heterocycles. The predicted octanol–water partition coefficient (Wildman–Crippen LogP) is 4.17. The van der Waals surface area contributed by atoms with Crippen LogP contribution in [0.4, 0.5) is 5.69 Å². The van der Waals surface area contributed by atoms with Crippen molar-refractivity contribution in [3.05, 3.63) is 58.9 Å². The second kappa shape index (κ2) is 9.28. The maximum Gasteiger partial charge on any atom is 0.269 e. The van der Waals surface area contributed by atoms with E-state index in [9.17, 15) is 4.79 Å². The van der Waals surface area contributed by atoms with Crippen LogP contribution in [0.1, 0.15) is 36.3 Å². The average molecular weight is 346 g/mol. The van der Waals surface area contributed by atoms with Crippen LogP contribution in [0.25, 0.3) is 0 Å². The van der Waals surface area contributed by atoms with E-state index in [0.717, 1.165) is 30.1 Å². The molecule has 2 N–H and O–H groups in total. The monoisotopic (exact) mass is 345 g/mol. The lowest BCUT2D eigenvalue weighted by Gasteiger charge is -2.09. The van der Waals surface area contributed by atoms with Crippen molar-refractivity contribution in [3.63, 3.8) is 0 Å². The first-order chi connectivity index (χ1) is 11.5. The van der Waals surface area contributed by atoms with Crippen LogP contribution >= 0.6 is 11.6 Å². The Balaban J connectivity index is 1.83. The molecular formula is C19H24ClN3O. The van der Waals surface area contributed by atoms with Gasteiger partial charge in [0.2, 0.25) is 0 Å². The summed E-state index contributed by atoms with van der Waals surface area (Å²) < 4.78 is 0. The number of amides is 1. The number of pyridine rings is 1. The third-order valence-corrected chi connectivity index (χ3v) is 3.91. The Kier molecular flexibility index (Phi) is 7.07. The molecule has 4 nitrogen and oxygen atoms in total. The highest BCUT2D eigenvalue weighted by Gasteiger charge is 2.07. The SMILES string of the molecule is CC(C)CCNC(=O)c1cc(NCCc2ccc(Cl)cc2)ccn1. The lowest BCUT2D eigenvalue weighted by molar-refractivity contribution is 0.0947. The normalized spacial score (nSPS) is 10.7. The maximum atomic E-state index is 12.1. The maximum absolute atomic E-state index is 12.1. The number of carbonyl (C=O) groups is 1. The summed E-state index contributed by atoms with van der Waals surface area (Å²) in [6.45, 7) is 5.72. The summed E-state index contributed by atoms with van der Waals surface area (Å²) in [5.74, 6) is 0.441. The van der Waals surface area contributed by atoms with E-state index in [2.05, 4.69) is 29.5 Å². The predicted molar refractivity (Wildman–Crippen MR) is 99.7 cm³/mol. The van der Waals surface area contributed by atoms with Crippen LogP contribution in [0.3, 0.4) is 0 Å². The smallest absolute Gasteiger partial charge is 0.269 e. The van der Waals surface area contributed by atoms with E-state index in [-0.39, 0.29) is 5.91 Å². The third kappa shape index (κ3) is 6.20. The van der Waals surface area contributed by atoms with Crippen LogP contribution in [0.2, 0.25) is 5.02 Å². The highest BCUT2D eigenvalue weighted by atomic mass is 35.5. The van der Waals surface area contributed by atoms with E-state index in [1.165, 1.54) is 5.56 Å². The molecule has 0 fully saturated rings. The van der Waals surface area contributed by atoms with Crippen molar-refractivity contribution < 1.29 is 4.79 Å². The molecule has 24 heavy (non-hydrogen) atoms. The number of aromatic nitrogens is 1. The minimum atomic E-state index is -0.128. The number of hydrogen-bond acceptors (Lipinski definition) is 3. The Hall–Kier alpha value is -2.07. The number of benzene rings is 1. The van der Waals surface area contributed by atoms with Gasteiger partial charge in [0.25, 0.3) is 5.91 Å². The molecule has 5 heteroatoms. The van der Waals surface area contributed by atoms with Crippen LogP contribution < -0.4 is 10.6 Å². The molecule has 1 heterocycles. The Morgan fingerprint density at radius 3 is 2.62 bits per heavy atom. The van der Waals surface area contributed by atoms with Crippen molar-refractivity contribution in [3.8, 4) is 0 Å². The van der Waals surface area contributed by atoms with Gasteiger partial charge in [-0.15, -0.1) is 0 Å². The van der Waals surface area contributed by atoms with E-state index in [1.807, 2.05) is 30.3 Å². The zero-order valence-electron chi connectivity index (χ0n) is 14.2. The van der Waals surface area contributed by atoms with Crippen molar-refractivity contribution in [2.45, 2.75) is 26.7 Å². The second-order valence-corrected chi connectivity index (χ2v) is 6.61. The van der Waals surface area contributed by atoms with Crippen molar-refractivity contribution in [2.75, 3.05) is 18.4 Å². The number of nitrogens with one attached hydrogen (secondary N) is 2. The average Bonchev–Trinajstić information content (AvgIpc) is 2.56. The van der Waals surface area contributed by atoms with Gasteiger partial charge in [0.15, 0.2) is 0 Å². The van der Waals surface area contributed by atoms with Crippen molar-refractivity contribution in [1.82, 2.24) is 10.3 Å². The number of rotatable bonds is 8. The van der Waals surface area contributed by atoms with Gasteiger partial charge >= 0.3 is 0 Å². The largest absolute Gasteiger partial charge is 0.385 e. The van der Waals surface area contributed by atoms with Crippen LogP contribution in [0, 0.1) is 5.92 Å². The zero-order valence-corrected chi connectivity index (χ0v) is 14.9. The molecule has 1 aromatic carbocycles. The van der Waals surface area contributed by atoms with Crippen LogP contribution in [0.15, 0.2) is 42.6 Å². The molecule has 0 saturated carbocycles. The first-order valence-corrected chi connectivity index (χ1v) is 8.65. The van der Waals surface area contributed by atoms with Crippen LogP contribution in [-0.2, 0) is 6.42 Å². The summed E-state index contributed by atoms with van der Waals surface area (Å²) in [5, 5.41) is 6.97. The molecule has 0 radical (unpaired) electrons. The molecule has 0 aliphatic rings. The molecule has 2 rings (SSSR count). The van der Waals surface area contributed by atoms with E-state index < -0.39 is 0 Å². The van der Waals surface area contributed by atoms with Crippen LogP contribution in [0.5, 0.6) is 0 Å². The molecular weight excluding hydrogens is 322 g/mol. The molecule has 1 aromatic heterocycles. The highest BCUT2D eigenvalue weighted by molar-refractivity contribution is 6.30. The number of hydrogen-bond donors (Lipinski definition) is 2. The van der Waals surface area contributed by atoms with Crippen LogP contribution in [-0.4, -0.2) is 24.0 Å². The minimum Gasteiger partial charge on any atom is -0.385 e. The number of carbonyl (C=O) groups excluding carboxylic acids is 1. The fourth-order valence-corrected chi connectivity index (χ4v) is 2.36. The Bertz CT molecular complexity index is 656. The highest BCUT2D eigenvalue weighted by Crippen LogP contribution is 2.11. The molecule has 0 saturated heterocycles. The van der Waals surface area contributed by atoms with Gasteiger partial charge in [0.05, 0.1) is 0 Å². The Labute approximate surface area is 148 Å². The zero-order chi connectivity index (χ0) is 17.4. The van der Waals surface area contributed by atoms with Gasteiger partial charge in [-0.05, 0) is 48.6 Å². The van der Waals surface area contributed by atoms with E-state index in [4.69, 9.17) is 11.6 Å². The molecule has 0 unspecified atom stereocenters. The van der Waals surface area contributed by atoms with Crippen molar-refractivity contribution >= 4 is 23.2 Å². The van der Waals surface area contributed by atoms with Gasteiger partial charge in [0, 0.05) is 30.0 Å². The summed E-state index contributed by atoms with van der Waals surface area (Å²) in [6, 6.07) is 11.5. The third-order valence-electron chi connectivity index (χ3n) is 3.66.